The lowest BCUT2D eigenvalue weighted by molar-refractivity contribution is -0.0801. The highest BCUT2D eigenvalue weighted by Crippen LogP contribution is 2.43. The number of unbranched alkanes of at least 4 members (excludes halogenated alkanes) is 6. The van der Waals surface area contributed by atoms with E-state index in [2.05, 4.69) is 26.8 Å². The predicted molar refractivity (Wildman–Crippen MR) is 166 cm³/mol. The molecule has 0 radical (unpaired) electrons. The number of rotatable bonds is 16. The quantitative estimate of drug-likeness (QED) is 0.179. The van der Waals surface area contributed by atoms with Crippen LogP contribution in [0.1, 0.15) is 90.2 Å². The normalized spacial score (nSPS) is 20.0. The maximum Gasteiger partial charge on any atom is 0.359 e. The Bertz CT molecular complexity index is 864. The number of benzene rings is 1. The molecule has 2 rings (SSSR count). The zero-order valence-corrected chi connectivity index (χ0v) is 27.5. The van der Waals surface area contributed by atoms with Crippen LogP contribution in [-0.4, -0.2) is 83.7 Å². The Hall–Kier alpha value is -0.870. The van der Waals surface area contributed by atoms with Gasteiger partial charge in [0.25, 0.3) is 0 Å². The Labute approximate surface area is 254 Å². The molecule has 1 fully saturated rings. The van der Waals surface area contributed by atoms with Crippen molar-refractivity contribution in [2.45, 2.75) is 97.2 Å². The zero-order chi connectivity index (χ0) is 30.5. The molecule has 0 spiro atoms. The lowest BCUT2D eigenvalue weighted by Gasteiger charge is -2.27. The highest BCUT2D eigenvalue weighted by atomic mass is 31.2. The van der Waals surface area contributed by atoms with E-state index in [9.17, 15) is 9.46 Å². The van der Waals surface area contributed by atoms with E-state index in [1.165, 1.54) is 38.5 Å². The van der Waals surface area contributed by atoms with Crippen LogP contribution in [0, 0.1) is 0 Å². The standard InChI is InChI=1S/C32H57O9P/c1-5-7-8-9-10-11-12-15-32(3,4)29-14-13-28(31(24-29)42(33,34)41-6-2)25-39-27-30-26-38-21-20-36-17-16-35-18-19-37-22-23-40-30/h13-14,24,30H,5-12,15-23,25-27H2,1-4H3,(H,33,34). The molecule has 2 unspecified atom stereocenters. The van der Waals surface area contributed by atoms with Crippen LogP contribution >= 0.6 is 7.60 Å². The molecule has 1 aromatic rings. The molecule has 0 amide bonds. The van der Waals surface area contributed by atoms with Crippen LogP contribution in [0.2, 0.25) is 0 Å². The molecule has 1 aliphatic heterocycles. The van der Waals surface area contributed by atoms with Gasteiger partial charge in [-0.2, -0.15) is 0 Å². The minimum absolute atomic E-state index is 0.128. The average molecular weight is 617 g/mol. The molecule has 0 saturated carbocycles. The first kappa shape index (κ1) is 37.3. The summed E-state index contributed by atoms with van der Waals surface area (Å²) in [6.07, 6.45) is 9.50. The molecule has 42 heavy (non-hydrogen) atoms. The fourth-order valence-corrected chi connectivity index (χ4v) is 6.17. The third kappa shape index (κ3) is 15.2. The van der Waals surface area contributed by atoms with Gasteiger partial charge in [0.15, 0.2) is 0 Å². The van der Waals surface area contributed by atoms with Crippen LogP contribution in [0.25, 0.3) is 0 Å². The summed E-state index contributed by atoms with van der Waals surface area (Å²) in [5, 5.41) is 0.307. The molecule has 10 heteroatoms. The molecule has 244 valence electrons. The van der Waals surface area contributed by atoms with E-state index < -0.39 is 7.60 Å². The molecule has 1 saturated heterocycles. The second-order valence-corrected chi connectivity index (χ2v) is 13.2. The summed E-state index contributed by atoms with van der Waals surface area (Å²) in [5.41, 5.74) is 1.55. The van der Waals surface area contributed by atoms with Crippen LogP contribution in [-0.2, 0) is 49.5 Å². The summed E-state index contributed by atoms with van der Waals surface area (Å²) in [6.45, 7) is 13.1. The topological polar surface area (TPSA) is 102 Å². The molecule has 1 heterocycles. The van der Waals surface area contributed by atoms with E-state index >= 15 is 0 Å². The van der Waals surface area contributed by atoms with E-state index in [4.69, 9.17) is 32.9 Å². The molecular formula is C32H57O9P. The first-order valence-corrected chi connectivity index (χ1v) is 17.5. The van der Waals surface area contributed by atoms with Crippen LogP contribution in [0.15, 0.2) is 18.2 Å². The second-order valence-electron chi connectivity index (χ2n) is 11.5. The van der Waals surface area contributed by atoms with Gasteiger partial charge in [-0.3, -0.25) is 4.57 Å². The van der Waals surface area contributed by atoms with Gasteiger partial charge in [0.05, 0.1) is 84.6 Å². The van der Waals surface area contributed by atoms with Crippen LogP contribution < -0.4 is 5.30 Å². The third-order valence-corrected chi connectivity index (χ3v) is 9.08. The van der Waals surface area contributed by atoms with Crippen molar-refractivity contribution in [2.24, 2.45) is 0 Å². The Balaban J connectivity index is 2.01. The van der Waals surface area contributed by atoms with Crippen molar-refractivity contribution in [1.29, 1.82) is 0 Å². The minimum Gasteiger partial charge on any atom is -0.377 e. The van der Waals surface area contributed by atoms with Crippen LogP contribution in [0.4, 0.5) is 0 Å². The van der Waals surface area contributed by atoms with Crippen molar-refractivity contribution in [3.8, 4) is 0 Å². The number of hydrogen-bond acceptors (Lipinski definition) is 8. The summed E-state index contributed by atoms with van der Waals surface area (Å²) in [7, 11) is -4.02. The van der Waals surface area contributed by atoms with Crippen molar-refractivity contribution in [3.05, 3.63) is 29.3 Å². The van der Waals surface area contributed by atoms with Gasteiger partial charge in [-0.15, -0.1) is 0 Å². The van der Waals surface area contributed by atoms with Crippen molar-refractivity contribution in [1.82, 2.24) is 0 Å². The molecule has 0 bridgehead atoms. The summed E-state index contributed by atoms with van der Waals surface area (Å²) >= 11 is 0. The monoisotopic (exact) mass is 616 g/mol. The van der Waals surface area contributed by atoms with E-state index in [1.54, 1.807) is 6.92 Å². The van der Waals surface area contributed by atoms with Gasteiger partial charge in [0.2, 0.25) is 0 Å². The zero-order valence-electron chi connectivity index (χ0n) is 26.6. The Morgan fingerprint density at radius 2 is 1.45 bits per heavy atom. The van der Waals surface area contributed by atoms with Gasteiger partial charge >= 0.3 is 7.60 Å². The molecule has 1 N–H and O–H groups in total. The Morgan fingerprint density at radius 3 is 2.10 bits per heavy atom. The Kier molecular flexibility index (Phi) is 19.3. The lowest BCUT2D eigenvalue weighted by atomic mass is 9.79. The van der Waals surface area contributed by atoms with E-state index in [-0.39, 0.29) is 31.3 Å². The van der Waals surface area contributed by atoms with E-state index in [1.807, 2.05) is 12.1 Å². The van der Waals surface area contributed by atoms with Gasteiger partial charge in [-0.25, -0.2) is 0 Å². The molecule has 2 atom stereocenters. The maximum absolute atomic E-state index is 13.3. The summed E-state index contributed by atoms with van der Waals surface area (Å²) < 4.78 is 52.8. The molecule has 1 aromatic carbocycles. The molecule has 9 nitrogen and oxygen atoms in total. The van der Waals surface area contributed by atoms with Gasteiger partial charge in [-0.1, -0.05) is 77.8 Å². The van der Waals surface area contributed by atoms with Crippen molar-refractivity contribution < 1.29 is 42.4 Å². The third-order valence-electron chi connectivity index (χ3n) is 7.44. The largest absolute Gasteiger partial charge is 0.377 e. The smallest absolute Gasteiger partial charge is 0.359 e. The predicted octanol–water partition coefficient (Wildman–Crippen LogP) is 5.93. The SMILES string of the molecule is CCCCCCCCCC(C)(C)c1ccc(COCC2COCCOCCOCCOCCO2)c(P(=O)(O)OCC)c1. The van der Waals surface area contributed by atoms with Gasteiger partial charge < -0.3 is 37.8 Å². The summed E-state index contributed by atoms with van der Waals surface area (Å²) in [6, 6.07) is 5.81. The lowest BCUT2D eigenvalue weighted by Crippen LogP contribution is -2.28. The molecule has 1 aliphatic rings. The fraction of sp³-hybridized carbons (Fsp3) is 0.812. The van der Waals surface area contributed by atoms with Crippen molar-refractivity contribution in [3.63, 3.8) is 0 Å². The highest BCUT2D eigenvalue weighted by molar-refractivity contribution is 7.61. The van der Waals surface area contributed by atoms with E-state index in [0.29, 0.717) is 70.3 Å². The summed E-state index contributed by atoms with van der Waals surface area (Å²) in [4.78, 5) is 10.9. The van der Waals surface area contributed by atoms with Crippen molar-refractivity contribution >= 4 is 12.9 Å². The maximum atomic E-state index is 13.3. The molecular weight excluding hydrogens is 559 g/mol. The average Bonchev–Trinajstić information content (AvgIpc) is 2.97. The van der Waals surface area contributed by atoms with Gasteiger partial charge in [0, 0.05) is 0 Å². The molecule has 0 aliphatic carbocycles. The second kappa shape index (κ2) is 21.8. The first-order chi connectivity index (χ1) is 20.3. The highest BCUT2D eigenvalue weighted by Gasteiger charge is 2.29. The summed E-state index contributed by atoms with van der Waals surface area (Å²) in [5.74, 6) is 0. The van der Waals surface area contributed by atoms with E-state index in [0.717, 1.165) is 18.4 Å². The van der Waals surface area contributed by atoms with Crippen LogP contribution in [0.5, 0.6) is 0 Å². The first-order valence-electron chi connectivity index (χ1n) is 15.9. The van der Waals surface area contributed by atoms with Gasteiger partial charge in [-0.05, 0) is 36.0 Å². The Morgan fingerprint density at radius 1 is 0.857 bits per heavy atom. The van der Waals surface area contributed by atoms with Crippen molar-refractivity contribution in [2.75, 3.05) is 72.7 Å². The minimum atomic E-state index is -4.02. The van der Waals surface area contributed by atoms with Crippen LogP contribution in [0.3, 0.4) is 0 Å². The number of ether oxygens (including phenoxy) is 6. The number of hydrogen-bond donors (Lipinski definition) is 1. The van der Waals surface area contributed by atoms with Gasteiger partial charge in [0.1, 0.15) is 6.10 Å². The fourth-order valence-electron chi connectivity index (χ4n) is 4.88. The molecule has 0 aromatic heterocycles.